The predicted octanol–water partition coefficient (Wildman–Crippen LogP) is 0.737. The van der Waals surface area contributed by atoms with Crippen molar-refractivity contribution < 1.29 is 13.5 Å². The molecule has 6 N–H and O–H groups in total. The number of nitrogens with two attached hydrogens (primary N) is 2. The molecule has 0 aliphatic heterocycles. The highest BCUT2D eigenvalue weighted by molar-refractivity contribution is 7.89. The van der Waals surface area contributed by atoms with E-state index < -0.39 is 10.0 Å². The number of sulfonamides is 1. The summed E-state index contributed by atoms with van der Waals surface area (Å²) < 4.78 is 22.3. The van der Waals surface area contributed by atoms with Crippen molar-refractivity contribution in [1.29, 1.82) is 0 Å². The molecule has 0 fully saturated rings. The Hall–Kier alpha value is -1.31. The molecule has 0 radical (unpaired) electrons. The predicted molar refractivity (Wildman–Crippen MR) is 76.2 cm³/mol. The molecular formula is C12H21N3O3S. The lowest BCUT2D eigenvalue weighted by atomic mass is 10.0. The van der Waals surface area contributed by atoms with Gasteiger partial charge in [0.25, 0.3) is 0 Å². The van der Waals surface area contributed by atoms with Crippen LogP contribution in [0.15, 0.2) is 23.1 Å². The van der Waals surface area contributed by atoms with Gasteiger partial charge in [-0.25, -0.2) is 13.6 Å². The maximum absolute atomic E-state index is 11.2. The fraction of sp³-hybridized carbons (Fsp3) is 0.500. The van der Waals surface area contributed by atoms with Gasteiger partial charge in [0.05, 0.1) is 16.3 Å². The van der Waals surface area contributed by atoms with Crippen LogP contribution in [0.2, 0.25) is 0 Å². The number of primary sulfonamides is 1. The lowest BCUT2D eigenvalue weighted by Crippen LogP contribution is -2.16. The average molecular weight is 287 g/mol. The highest BCUT2D eigenvalue weighted by atomic mass is 32.2. The zero-order valence-electron chi connectivity index (χ0n) is 11.0. The van der Waals surface area contributed by atoms with Gasteiger partial charge in [0.1, 0.15) is 0 Å². The van der Waals surface area contributed by atoms with E-state index in [1.165, 1.54) is 12.1 Å². The number of benzene rings is 1. The minimum Gasteiger partial charge on any atom is -0.397 e. The topological polar surface area (TPSA) is 118 Å². The summed E-state index contributed by atoms with van der Waals surface area (Å²) in [7, 11) is -3.73. The molecule has 0 amide bonds. The summed E-state index contributed by atoms with van der Waals surface area (Å²) in [4.78, 5) is -0.00190. The van der Waals surface area contributed by atoms with E-state index in [0.717, 1.165) is 12.8 Å². The molecule has 1 atom stereocenters. The number of aliphatic hydroxyl groups is 1. The number of rotatable bonds is 7. The van der Waals surface area contributed by atoms with Gasteiger partial charge >= 0.3 is 0 Å². The molecule has 0 saturated carbocycles. The van der Waals surface area contributed by atoms with Crippen molar-refractivity contribution in [2.45, 2.75) is 24.7 Å². The van der Waals surface area contributed by atoms with E-state index in [4.69, 9.17) is 16.0 Å². The zero-order chi connectivity index (χ0) is 14.5. The van der Waals surface area contributed by atoms with Crippen molar-refractivity contribution in [2.24, 2.45) is 11.1 Å². The van der Waals surface area contributed by atoms with Gasteiger partial charge in [-0.15, -0.1) is 0 Å². The molecule has 108 valence electrons. The molecule has 0 spiro atoms. The van der Waals surface area contributed by atoms with E-state index in [0.29, 0.717) is 23.8 Å². The van der Waals surface area contributed by atoms with Gasteiger partial charge in [0, 0.05) is 13.2 Å². The fourth-order valence-corrected chi connectivity index (χ4v) is 2.32. The molecule has 7 heteroatoms. The van der Waals surface area contributed by atoms with Crippen molar-refractivity contribution in [2.75, 3.05) is 24.2 Å². The van der Waals surface area contributed by atoms with E-state index in [1.807, 2.05) is 0 Å². The monoisotopic (exact) mass is 287 g/mol. The van der Waals surface area contributed by atoms with Crippen molar-refractivity contribution >= 4 is 21.4 Å². The number of hydrogen-bond donors (Lipinski definition) is 4. The Balaban J connectivity index is 2.75. The Morgan fingerprint density at radius 3 is 2.58 bits per heavy atom. The smallest absolute Gasteiger partial charge is 0.238 e. The number of nitrogen functional groups attached to an aromatic ring is 1. The van der Waals surface area contributed by atoms with Gasteiger partial charge in [0.15, 0.2) is 0 Å². The van der Waals surface area contributed by atoms with E-state index in [-0.39, 0.29) is 11.5 Å². The largest absolute Gasteiger partial charge is 0.397 e. The Morgan fingerprint density at radius 1 is 1.42 bits per heavy atom. The van der Waals surface area contributed by atoms with Crippen LogP contribution in [-0.4, -0.2) is 26.7 Å². The first kappa shape index (κ1) is 15.7. The third-order valence-corrected chi connectivity index (χ3v) is 3.96. The number of nitrogens with one attached hydrogen (secondary N) is 1. The molecule has 0 aliphatic carbocycles. The van der Waals surface area contributed by atoms with Crippen LogP contribution < -0.4 is 16.2 Å². The SMILES string of the molecule is CCC(CCO)CNc1ccc(S(N)(=O)=O)cc1N. The van der Waals surface area contributed by atoms with E-state index in [1.54, 1.807) is 6.07 Å². The molecule has 0 aromatic heterocycles. The van der Waals surface area contributed by atoms with Crippen LogP contribution in [0.4, 0.5) is 11.4 Å². The van der Waals surface area contributed by atoms with Crippen LogP contribution in [0, 0.1) is 5.92 Å². The Bertz CT molecular complexity index is 517. The van der Waals surface area contributed by atoms with Gasteiger partial charge in [-0.1, -0.05) is 13.3 Å². The van der Waals surface area contributed by atoms with Crippen molar-refractivity contribution in [3.8, 4) is 0 Å². The van der Waals surface area contributed by atoms with E-state index in [2.05, 4.69) is 12.2 Å². The maximum atomic E-state index is 11.2. The molecule has 0 saturated heterocycles. The summed E-state index contributed by atoms with van der Waals surface area (Å²) in [6.45, 7) is 2.88. The average Bonchev–Trinajstić information content (AvgIpc) is 2.34. The van der Waals surface area contributed by atoms with Crippen LogP contribution in [0.3, 0.4) is 0 Å². The standard InChI is InChI=1S/C12H21N3O3S/c1-2-9(5-6-16)8-15-12-4-3-10(7-11(12)13)19(14,17)18/h3-4,7,9,15-16H,2,5-6,8,13H2,1H3,(H2,14,17,18). The van der Waals surface area contributed by atoms with Crippen molar-refractivity contribution in [3.63, 3.8) is 0 Å². The zero-order valence-corrected chi connectivity index (χ0v) is 11.8. The molecular weight excluding hydrogens is 266 g/mol. The maximum Gasteiger partial charge on any atom is 0.238 e. The van der Waals surface area contributed by atoms with E-state index in [9.17, 15) is 8.42 Å². The molecule has 0 bridgehead atoms. The minimum absolute atomic E-state index is 0.00190. The Morgan fingerprint density at radius 2 is 2.11 bits per heavy atom. The highest BCUT2D eigenvalue weighted by Crippen LogP contribution is 2.22. The van der Waals surface area contributed by atoms with Crippen LogP contribution in [-0.2, 0) is 10.0 Å². The molecule has 6 nitrogen and oxygen atoms in total. The Kier molecular flexibility index (Phi) is 5.59. The summed E-state index contributed by atoms with van der Waals surface area (Å²) >= 11 is 0. The molecule has 1 aromatic rings. The van der Waals surface area contributed by atoms with Gasteiger partial charge in [-0.2, -0.15) is 0 Å². The Labute approximate surface area is 113 Å². The third-order valence-electron chi connectivity index (χ3n) is 3.05. The number of hydrogen-bond acceptors (Lipinski definition) is 5. The summed E-state index contributed by atoms with van der Waals surface area (Å²) in [5.41, 5.74) is 6.80. The first-order valence-corrected chi connectivity index (χ1v) is 7.70. The highest BCUT2D eigenvalue weighted by Gasteiger charge is 2.11. The molecule has 1 unspecified atom stereocenters. The second-order valence-electron chi connectivity index (χ2n) is 4.46. The van der Waals surface area contributed by atoms with Gasteiger partial charge in [-0.3, -0.25) is 0 Å². The molecule has 0 aliphatic rings. The van der Waals surface area contributed by atoms with Crippen LogP contribution in [0.5, 0.6) is 0 Å². The van der Waals surface area contributed by atoms with E-state index >= 15 is 0 Å². The van der Waals surface area contributed by atoms with Crippen LogP contribution >= 0.6 is 0 Å². The van der Waals surface area contributed by atoms with Crippen molar-refractivity contribution in [3.05, 3.63) is 18.2 Å². The fourth-order valence-electron chi connectivity index (χ4n) is 1.77. The second-order valence-corrected chi connectivity index (χ2v) is 6.02. The number of aliphatic hydroxyl groups excluding tert-OH is 1. The van der Waals surface area contributed by atoms with Crippen LogP contribution in [0.25, 0.3) is 0 Å². The van der Waals surface area contributed by atoms with Gasteiger partial charge in [0.2, 0.25) is 10.0 Å². The first-order chi connectivity index (χ1) is 8.88. The lowest BCUT2D eigenvalue weighted by molar-refractivity contribution is 0.258. The molecule has 1 aromatic carbocycles. The number of anilines is 2. The molecule has 19 heavy (non-hydrogen) atoms. The minimum atomic E-state index is -3.73. The summed E-state index contributed by atoms with van der Waals surface area (Å²) in [6.07, 6.45) is 1.67. The quantitative estimate of drug-likeness (QED) is 0.551. The molecule has 0 heterocycles. The summed E-state index contributed by atoms with van der Waals surface area (Å²) in [5, 5.41) is 17.1. The third kappa shape index (κ3) is 4.70. The molecule has 1 rings (SSSR count). The second kappa shape index (κ2) is 6.74. The van der Waals surface area contributed by atoms with Gasteiger partial charge in [-0.05, 0) is 30.5 Å². The normalized spacial score (nSPS) is 13.2. The van der Waals surface area contributed by atoms with Crippen LogP contribution in [0.1, 0.15) is 19.8 Å². The summed E-state index contributed by atoms with van der Waals surface area (Å²) in [6, 6.07) is 4.35. The first-order valence-electron chi connectivity index (χ1n) is 6.15. The summed E-state index contributed by atoms with van der Waals surface area (Å²) in [5.74, 6) is 0.349. The van der Waals surface area contributed by atoms with Gasteiger partial charge < -0.3 is 16.2 Å². The van der Waals surface area contributed by atoms with Crippen molar-refractivity contribution in [1.82, 2.24) is 0 Å². The lowest BCUT2D eigenvalue weighted by Gasteiger charge is -2.16.